The molecule has 0 aromatic carbocycles. The Bertz CT molecular complexity index is 386. The van der Waals surface area contributed by atoms with Crippen LogP contribution in [0, 0.1) is 0 Å². The molecule has 0 aliphatic carbocycles. The molecule has 0 saturated carbocycles. The smallest absolute Gasteiger partial charge is 0.124 e. The van der Waals surface area contributed by atoms with E-state index in [0.717, 1.165) is 17.7 Å². The van der Waals surface area contributed by atoms with Crippen molar-refractivity contribution in [3.05, 3.63) is 27.5 Å². The minimum Gasteiger partial charge on any atom is -0.258 e. The third kappa shape index (κ3) is 3.41. The highest BCUT2D eigenvalue weighted by atomic mass is 79.9. The van der Waals surface area contributed by atoms with Gasteiger partial charge in [-0.1, -0.05) is 18.0 Å². The predicted octanol–water partition coefficient (Wildman–Crippen LogP) is 3.20. The van der Waals surface area contributed by atoms with Gasteiger partial charge in [0.2, 0.25) is 0 Å². The molecule has 0 radical (unpaired) electrons. The van der Waals surface area contributed by atoms with Crippen LogP contribution in [0.3, 0.4) is 0 Å². The van der Waals surface area contributed by atoms with Crippen LogP contribution in [0.1, 0.15) is 30.7 Å². The summed E-state index contributed by atoms with van der Waals surface area (Å²) in [5.74, 6) is 0.517. The molecule has 3 nitrogen and oxygen atoms in total. The van der Waals surface area contributed by atoms with Crippen molar-refractivity contribution >= 4 is 27.5 Å². The third-order valence-electron chi connectivity index (χ3n) is 3.28. The summed E-state index contributed by atoms with van der Waals surface area (Å²) in [6, 6.07) is 2.03. The number of hydrogen-bond acceptors (Lipinski definition) is 3. The van der Waals surface area contributed by atoms with Gasteiger partial charge in [0, 0.05) is 19.3 Å². The maximum absolute atomic E-state index is 6.11. The average Bonchev–Trinajstić information content (AvgIpc) is 2.58. The molecule has 1 N–H and O–H groups in total. The summed E-state index contributed by atoms with van der Waals surface area (Å²) in [4.78, 5) is 4.28. The van der Waals surface area contributed by atoms with Crippen molar-refractivity contribution in [2.24, 2.45) is 0 Å². The number of nitrogens with zero attached hydrogens (tertiary/aromatic N) is 2. The fourth-order valence-electron chi connectivity index (χ4n) is 2.28. The molecule has 2 heterocycles. The molecule has 0 amide bonds. The Morgan fingerprint density at radius 2 is 2.35 bits per heavy atom. The van der Waals surface area contributed by atoms with Gasteiger partial charge in [0.25, 0.3) is 0 Å². The van der Waals surface area contributed by atoms with E-state index in [1.807, 2.05) is 19.3 Å². The van der Waals surface area contributed by atoms with E-state index in [4.69, 9.17) is 11.6 Å². The number of hydrogen-bond donors (Lipinski definition) is 1. The number of pyridine rings is 1. The largest absolute Gasteiger partial charge is 0.258 e. The van der Waals surface area contributed by atoms with Crippen molar-refractivity contribution in [3.8, 4) is 0 Å². The molecule has 1 aliphatic rings. The Labute approximate surface area is 116 Å². The molecule has 0 spiro atoms. The summed E-state index contributed by atoms with van der Waals surface area (Å²) in [7, 11) is 1.98. The van der Waals surface area contributed by atoms with Gasteiger partial charge in [-0.2, -0.15) is 0 Å². The van der Waals surface area contributed by atoms with Crippen LogP contribution in [0.15, 0.2) is 16.9 Å². The number of nitrogens with one attached hydrogen (secondary N) is 1. The first-order valence-corrected chi connectivity index (χ1v) is 7.11. The van der Waals surface area contributed by atoms with E-state index >= 15 is 0 Å². The Morgan fingerprint density at radius 1 is 1.53 bits per heavy atom. The second-order valence-corrected chi connectivity index (χ2v) is 5.56. The van der Waals surface area contributed by atoms with Gasteiger partial charge < -0.3 is 0 Å². The molecule has 5 heteroatoms. The maximum Gasteiger partial charge on any atom is 0.124 e. The fraction of sp³-hybridized carbons (Fsp3) is 0.583. The van der Waals surface area contributed by atoms with Gasteiger partial charge in [-0.3, -0.25) is 5.43 Å². The van der Waals surface area contributed by atoms with Crippen molar-refractivity contribution in [3.63, 3.8) is 0 Å². The average molecular weight is 319 g/mol. The number of halogens is 2. The van der Waals surface area contributed by atoms with Crippen LogP contribution in [-0.2, 0) is 0 Å². The number of rotatable bonds is 2. The second-order valence-electron chi connectivity index (χ2n) is 4.40. The first-order valence-electron chi connectivity index (χ1n) is 5.94. The zero-order valence-electron chi connectivity index (χ0n) is 9.92. The van der Waals surface area contributed by atoms with Gasteiger partial charge in [0.15, 0.2) is 0 Å². The third-order valence-corrected chi connectivity index (χ3v) is 4.42. The Kier molecular flexibility index (Phi) is 4.79. The van der Waals surface area contributed by atoms with Crippen LogP contribution in [0.2, 0.25) is 5.02 Å². The van der Waals surface area contributed by atoms with Gasteiger partial charge in [-0.25, -0.2) is 9.99 Å². The summed E-state index contributed by atoms with van der Waals surface area (Å²) >= 11 is 9.43. The lowest BCUT2D eigenvalue weighted by Crippen LogP contribution is -2.37. The Morgan fingerprint density at radius 3 is 3.06 bits per heavy atom. The minimum atomic E-state index is 0.517. The van der Waals surface area contributed by atoms with E-state index < -0.39 is 0 Å². The van der Waals surface area contributed by atoms with Gasteiger partial charge in [0.1, 0.15) is 4.60 Å². The van der Waals surface area contributed by atoms with Crippen LogP contribution < -0.4 is 5.43 Å². The fourth-order valence-corrected chi connectivity index (χ4v) is 2.67. The topological polar surface area (TPSA) is 28.2 Å². The Balaban J connectivity index is 2.16. The lowest BCUT2D eigenvalue weighted by Gasteiger charge is -2.23. The normalized spacial score (nSPS) is 22.4. The molecule has 94 valence electrons. The number of hydrazine groups is 1. The summed E-state index contributed by atoms with van der Waals surface area (Å²) in [5, 5.41) is 2.97. The van der Waals surface area contributed by atoms with Crippen LogP contribution in [0.5, 0.6) is 0 Å². The molecule has 17 heavy (non-hydrogen) atoms. The molecule has 1 atom stereocenters. The first-order chi connectivity index (χ1) is 8.20. The lowest BCUT2D eigenvalue weighted by atomic mass is 9.96. The van der Waals surface area contributed by atoms with E-state index in [1.54, 1.807) is 0 Å². The molecular weight excluding hydrogens is 302 g/mol. The Hall–Kier alpha value is -0.160. The zero-order chi connectivity index (χ0) is 12.3. The number of aromatic nitrogens is 1. The summed E-state index contributed by atoms with van der Waals surface area (Å²) in [6.45, 7) is 2.14. The van der Waals surface area contributed by atoms with Crippen molar-refractivity contribution in [1.29, 1.82) is 0 Å². The van der Waals surface area contributed by atoms with Crippen LogP contribution in [0.25, 0.3) is 0 Å². The van der Waals surface area contributed by atoms with E-state index in [-0.39, 0.29) is 0 Å². The minimum absolute atomic E-state index is 0.517. The van der Waals surface area contributed by atoms with Crippen molar-refractivity contribution < 1.29 is 0 Å². The van der Waals surface area contributed by atoms with Crippen LogP contribution in [0.4, 0.5) is 0 Å². The highest BCUT2D eigenvalue weighted by Crippen LogP contribution is 2.29. The van der Waals surface area contributed by atoms with Crippen molar-refractivity contribution in [2.45, 2.75) is 25.2 Å². The lowest BCUT2D eigenvalue weighted by molar-refractivity contribution is 0.207. The molecule has 1 fully saturated rings. The molecule has 2 rings (SSSR count). The van der Waals surface area contributed by atoms with E-state index in [0.29, 0.717) is 10.9 Å². The molecule has 1 aliphatic heterocycles. The molecule has 0 unspecified atom stereocenters. The molecule has 1 aromatic heterocycles. The van der Waals surface area contributed by atoms with Gasteiger partial charge in [-0.15, -0.1) is 0 Å². The molecule has 0 bridgehead atoms. The maximum atomic E-state index is 6.11. The standard InChI is InChI=1S/C12H17BrClN3/c1-15-17-5-3-2-4-9(8-17)10-6-11(14)12(13)16-7-10/h6-7,9,15H,2-5,8H2,1H3/t9-/m1/s1. The SMILES string of the molecule is CNN1CCCC[C@@H](c2cnc(Br)c(Cl)c2)C1. The van der Waals surface area contributed by atoms with E-state index in [9.17, 15) is 0 Å². The van der Waals surface area contributed by atoms with Gasteiger partial charge >= 0.3 is 0 Å². The molecule has 1 saturated heterocycles. The van der Waals surface area contributed by atoms with E-state index in [1.165, 1.54) is 24.8 Å². The van der Waals surface area contributed by atoms with Gasteiger partial charge in [0.05, 0.1) is 5.02 Å². The van der Waals surface area contributed by atoms with Crippen LogP contribution >= 0.6 is 27.5 Å². The highest BCUT2D eigenvalue weighted by molar-refractivity contribution is 9.10. The quantitative estimate of drug-likeness (QED) is 0.849. The zero-order valence-corrected chi connectivity index (χ0v) is 12.3. The van der Waals surface area contributed by atoms with Crippen molar-refractivity contribution in [2.75, 3.05) is 20.1 Å². The molecular formula is C12H17BrClN3. The first kappa shape index (κ1) is 13.3. The summed E-state index contributed by atoms with van der Waals surface area (Å²) in [6.07, 6.45) is 5.64. The van der Waals surface area contributed by atoms with Crippen molar-refractivity contribution in [1.82, 2.24) is 15.4 Å². The summed E-state index contributed by atoms with van der Waals surface area (Å²) < 4.78 is 0.724. The predicted molar refractivity (Wildman–Crippen MR) is 74.2 cm³/mol. The summed E-state index contributed by atoms with van der Waals surface area (Å²) in [5.41, 5.74) is 4.48. The second kappa shape index (κ2) is 6.14. The van der Waals surface area contributed by atoms with Gasteiger partial charge in [-0.05, 0) is 53.4 Å². The van der Waals surface area contributed by atoms with E-state index in [2.05, 4.69) is 31.3 Å². The molecule has 1 aromatic rings. The monoisotopic (exact) mass is 317 g/mol. The van der Waals surface area contributed by atoms with Crippen LogP contribution in [-0.4, -0.2) is 30.1 Å². The highest BCUT2D eigenvalue weighted by Gasteiger charge is 2.19.